The molecule has 0 aliphatic carbocycles. The number of amides is 1. The van der Waals surface area contributed by atoms with Gasteiger partial charge in [0, 0.05) is 25.7 Å². The van der Waals surface area contributed by atoms with Gasteiger partial charge in [0.2, 0.25) is 10.0 Å². The summed E-state index contributed by atoms with van der Waals surface area (Å²) < 4.78 is 31.9. The molecule has 29 heavy (non-hydrogen) atoms. The normalized spacial score (nSPS) is 20.6. The largest absolute Gasteiger partial charge is 0.507 e. The molecule has 3 rings (SSSR count). The molecule has 0 spiro atoms. The molecule has 2 aliphatic rings. The number of rotatable bonds is 6. The van der Waals surface area contributed by atoms with Gasteiger partial charge in [-0.2, -0.15) is 4.31 Å². The molecule has 1 aromatic rings. The second-order valence-corrected chi connectivity index (χ2v) is 9.45. The Kier molecular flexibility index (Phi) is 6.79. The summed E-state index contributed by atoms with van der Waals surface area (Å²) in [6.45, 7) is 3.10. The minimum absolute atomic E-state index is 0.0717. The lowest BCUT2D eigenvalue weighted by Gasteiger charge is -2.35. The molecule has 160 valence electrons. The van der Waals surface area contributed by atoms with Crippen LogP contribution in [0.25, 0.3) is 0 Å². The molecule has 0 radical (unpaired) electrons. The molecular formula is C20H28N2O6S. The number of likely N-dealkylation sites (tertiary alicyclic amines) is 1. The van der Waals surface area contributed by atoms with E-state index in [-0.39, 0.29) is 28.2 Å². The lowest BCUT2D eigenvalue weighted by molar-refractivity contribution is -0.138. The van der Waals surface area contributed by atoms with Gasteiger partial charge in [-0.1, -0.05) is 6.92 Å². The van der Waals surface area contributed by atoms with Crippen molar-refractivity contribution in [1.29, 1.82) is 0 Å². The van der Waals surface area contributed by atoms with Gasteiger partial charge in [-0.3, -0.25) is 4.79 Å². The Morgan fingerprint density at radius 2 is 1.83 bits per heavy atom. The monoisotopic (exact) mass is 424 g/mol. The van der Waals surface area contributed by atoms with Crippen LogP contribution in [0, 0.1) is 0 Å². The van der Waals surface area contributed by atoms with Crippen LogP contribution in [0.3, 0.4) is 0 Å². The summed E-state index contributed by atoms with van der Waals surface area (Å²) in [7, 11) is -3.73. The van der Waals surface area contributed by atoms with E-state index < -0.39 is 22.6 Å². The average Bonchev–Trinajstić information content (AvgIpc) is 3.27. The number of esters is 1. The van der Waals surface area contributed by atoms with Crippen LogP contribution in [0.4, 0.5) is 0 Å². The molecule has 0 saturated carbocycles. The summed E-state index contributed by atoms with van der Waals surface area (Å²) in [6, 6.07) is 3.70. The summed E-state index contributed by atoms with van der Waals surface area (Å²) >= 11 is 0. The zero-order chi connectivity index (χ0) is 21.0. The van der Waals surface area contributed by atoms with Crippen LogP contribution >= 0.6 is 0 Å². The van der Waals surface area contributed by atoms with E-state index in [0.717, 1.165) is 44.6 Å². The molecule has 2 saturated heterocycles. The summed E-state index contributed by atoms with van der Waals surface area (Å²) in [5.74, 6) is -1.57. The molecule has 8 nitrogen and oxygen atoms in total. The van der Waals surface area contributed by atoms with Crippen molar-refractivity contribution in [3.8, 4) is 5.75 Å². The minimum Gasteiger partial charge on any atom is -0.507 e. The molecule has 1 atom stereocenters. The predicted octanol–water partition coefficient (Wildman–Crippen LogP) is 2.12. The molecule has 1 unspecified atom stereocenters. The number of nitrogens with zero attached hydrogens (tertiary/aromatic N) is 2. The van der Waals surface area contributed by atoms with E-state index in [9.17, 15) is 23.1 Å². The first-order valence-electron chi connectivity index (χ1n) is 10.1. The number of hydrogen-bond acceptors (Lipinski definition) is 6. The van der Waals surface area contributed by atoms with Crippen molar-refractivity contribution in [2.75, 3.05) is 26.2 Å². The minimum atomic E-state index is -3.73. The Hall–Kier alpha value is -2.13. The molecule has 0 bridgehead atoms. The number of sulfonamides is 1. The number of carbonyl (C=O) groups is 2. The van der Waals surface area contributed by atoms with Crippen LogP contribution in [-0.2, 0) is 19.6 Å². The lowest BCUT2D eigenvalue weighted by Crippen LogP contribution is -2.45. The second kappa shape index (κ2) is 9.13. The average molecular weight is 425 g/mol. The molecule has 2 heterocycles. The Balaban J connectivity index is 1.70. The number of piperidine rings is 1. The zero-order valence-electron chi connectivity index (χ0n) is 16.7. The molecule has 0 aromatic heterocycles. The van der Waals surface area contributed by atoms with Crippen molar-refractivity contribution in [2.45, 2.75) is 56.4 Å². The fraction of sp³-hybridized carbons (Fsp3) is 0.600. The highest BCUT2D eigenvalue weighted by atomic mass is 32.2. The fourth-order valence-electron chi connectivity index (χ4n) is 3.96. The molecule has 9 heteroatoms. The van der Waals surface area contributed by atoms with Gasteiger partial charge in [-0.15, -0.1) is 0 Å². The van der Waals surface area contributed by atoms with Crippen LogP contribution in [0.2, 0.25) is 0 Å². The lowest BCUT2D eigenvalue weighted by atomic mass is 10.00. The van der Waals surface area contributed by atoms with Gasteiger partial charge in [0.05, 0.1) is 4.90 Å². The number of carbonyl (C=O) groups excluding carboxylic acids is 2. The first-order chi connectivity index (χ1) is 13.8. The third-order valence-electron chi connectivity index (χ3n) is 5.64. The van der Waals surface area contributed by atoms with E-state index in [0.29, 0.717) is 19.6 Å². The molecular weight excluding hydrogens is 396 g/mol. The van der Waals surface area contributed by atoms with E-state index in [1.807, 2.05) is 6.92 Å². The maximum atomic E-state index is 12.7. The van der Waals surface area contributed by atoms with Crippen LogP contribution < -0.4 is 0 Å². The van der Waals surface area contributed by atoms with E-state index in [2.05, 4.69) is 0 Å². The van der Waals surface area contributed by atoms with Gasteiger partial charge in [-0.25, -0.2) is 13.2 Å². The first kappa shape index (κ1) is 21.6. The smallest absolute Gasteiger partial charge is 0.342 e. The zero-order valence-corrected chi connectivity index (χ0v) is 17.5. The van der Waals surface area contributed by atoms with E-state index in [1.165, 1.54) is 16.4 Å². The highest BCUT2D eigenvalue weighted by molar-refractivity contribution is 7.89. The standard InChI is InChI=1S/C20H28N2O6S/c1-2-15-7-3-4-12-22(15)19(24)14-28-20(25)17-13-16(8-9-18(17)23)29(26,27)21-10-5-6-11-21/h8-9,13,15,23H,2-7,10-12,14H2,1H3. The maximum Gasteiger partial charge on any atom is 0.342 e. The van der Waals surface area contributed by atoms with Gasteiger partial charge in [0.15, 0.2) is 6.61 Å². The van der Waals surface area contributed by atoms with E-state index in [4.69, 9.17) is 4.74 Å². The van der Waals surface area contributed by atoms with E-state index in [1.54, 1.807) is 4.90 Å². The van der Waals surface area contributed by atoms with Crippen molar-refractivity contribution in [2.24, 2.45) is 0 Å². The number of ether oxygens (including phenoxy) is 1. The molecule has 2 aliphatic heterocycles. The summed E-state index contributed by atoms with van der Waals surface area (Å²) in [4.78, 5) is 26.6. The molecule has 2 fully saturated rings. The van der Waals surface area contributed by atoms with Gasteiger partial charge in [-0.05, 0) is 56.7 Å². The van der Waals surface area contributed by atoms with Crippen LogP contribution in [-0.4, -0.2) is 66.9 Å². The SMILES string of the molecule is CCC1CCCCN1C(=O)COC(=O)c1cc(S(=O)(=O)N2CCCC2)ccc1O. The Labute approximate surface area is 171 Å². The maximum absolute atomic E-state index is 12.7. The molecule has 1 aromatic carbocycles. The van der Waals surface area contributed by atoms with Crippen molar-refractivity contribution in [3.63, 3.8) is 0 Å². The van der Waals surface area contributed by atoms with Gasteiger partial charge in [0.1, 0.15) is 11.3 Å². The summed E-state index contributed by atoms with van der Waals surface area (Å²) in [5.41, 5.74) is -0.260. The topological polar surface area (TPSA) is 104 Å². The third-order valence-corrected chi connectivity index (χ3v) is 7.53. The van der Waals surface area contributed by atoms with Gasteiger partial charge >= 0.3 is 5.97 Å². The Bertz CT molecular complexity index is 864. The van der Waals surface area contributed by atoms with Crippen LogP contribution in [0.5, 0.6) is 5.75 Å². The van der Waals surface area contributed by atoms with E-state index >= 15 is 0 Å². The number of phenols is 1. The Morgan fingerprint density at radius 1 is 1.14 bits per heavy atom. The van der Waals surface area contributed by atoms with Crippen molar-refractivity contribution in [3.05, 3.63) is 23.8 Å². The highest BCUT2D eigenvalue weighted by Crippen LogP contribution is 2.26. The quantitative estimate of drug-likeness (QED) is 0.702. The fourth-order valence-corrected chi connectivity index (χ4v) is 5.50. The molecule has 1 N–H and O–H groups in total. The number of phenolic OH excluding ortho intramolecular Hbond substituents is 1. The number of benzene rings is 1. The number of aromatic hydroxyl groups is 1. The van der Waals surface area contributed by atoms with Gasteiger partial charge in [0.25, 0.3) is 5.91 Å². The van der Waals surface area contributed by atoms with Crippen LogP contribution in [0.15, 0.2) is 23.1 Å². The second-order valence-electron chi connectivity index (χ2n) is 7.51. The summed E-state index contributed by atoms with van der Waals surface area (Å²) in [6.07, 6.45) is 5.37. The summed E-state index contributed by atoms with van der Waals surface area (Å²) in [5, 5.41) is 10.0. The Morgan fingerprint density at radius 3 is 2.52 bits per heavy atom. The number of hydrogen-bond donors (Lipinski definition) is 1. The van der Waals surface area contributed by atoms with Crippen molar-refractivity contribution < 1.29 is 27.9 Å². The predicted molar refractivity (Wildman–Crippen MR) is 106 cm³/mol. The third kappa shape index (κ3) is 4.72. The van der Waals surface area contributed by atoms with Crippen molar-refractivity contribution in [1.82, 2.24) is 9.21 Å². The van der Waals surface area contributed by atoms with Gasteiger partial charge < -0.3 is 14.7 Å². The van der Waals surface area contributed by atoms with Crippen molar-refractivity contribution >= 4 is 21.9 Å². The first-order valence-corrected chi connectivity index (χ1v) is 11.6. The molecule has 1 amide bonds. The highest BCUT2D eigenvalue weighted by Gasteiger charge is 2.30. The van der Waals surface area contributed by atoms with Crippen LogP contribution in [0.1, 0.15) is 55.8 Å².